The van der Waals surface area contributed by atoms with Crippen molar-refractivity contribution in [3.05, 3.63) is 0 Å². The van der Waals surface area contributed by atoms with Gasteiger partial charge in [0, 0.05) is 5.41 Å². The van der Waals surface area contributed by atoms with Crippen LogP contribution in [0.2, 0.25) is 0 Å². The van der Waals surface area contributed by atoms with Crippen LogP contribution in [-0.2, 0) is 0 Å². The summed E-state index contributed by atoms with van der Waals surface area (Å²) >= 11 is 0. The van der Waals surface area contributed by atoms with Crippen molar-refractivity contribution < 1.29 is 10.2 Å². The van der Waals surface area contributed by atoms with Gasteiger partial charge in [-0.05, 0) is 25.7 Å². The van der Waals surface area contributed by atoms with Crippen LogP contribution in [0.4, 0.5) is 0 Å². The van der Waals surface area contributed by atoms with Gasteiger partial charge in [-0.2, -0.15) is 0 Å². The molecule has 64 valence electrons. The summed E-state index contributed by atoms with van der Waals surface area (Å²) in [6, 6.07) is 0. The number of aliphatic hydroxyl groups excluding tert-OH is 2. The number of hydrogen-bond acceptors (Lipinski definition) is 2. The van der Waals surface area contributed by atoms with E-state index in [-0.39, 0.29) is 17.6 Å². The molecule has 3 atom stereocenters. The zero-order valence-electron chi connectivity index (χ0n) is 6.79. The lowest BCUT2D eigenvalue weighted by atomic mass is 9.80. The lowest BCUT2D eigenvalue weighted by molar-refractivity contribution is -0.0299. The van der Waals surface area contributed by atoms with Crippen LogP contribution in [0.1, 0.15) is 38.5 Å². The largest absolute Gasteiger partial charge is 0.392 e. The summed E-state index contributed by atoms with van der Waals surface area (Å²) in [7, 11) is 0. The summed E-state index contributed by atoms with van der Waals surface area (Å²) in [6.07, 6.45) is 5.62. The molecule has 2 nitrogen and oxygen atoms in total. The number of rotatable bonds is 0. The standard InChI is InChI=1S/C9H16O2/c10-7-3-1-5-9(7)6-2-4-8(9)11/h7-8,10-11H,1-6H2/t7-,8+,9?. The van der Waals surface area contributed by atoms with Gasteiger partial charge in [-0.15, -0.1) is 0 Å². The first-order chi connectivity index (χ1) is 5.26. The summed E-state index contributed by atoms with van der Waals surface area (Å²) < 4.78 is 0. The van der Waals surface area contributed by atoms with Crippen LogP contribution in [0.3, 0.4) is 0 Å². The zero-order chi connectivity index (χ0) is 7.90. The van der Waals surface area contributed by atoms with Crippen molar-refractivity contribution in [1.29, 1.82) is 0 Å². The maximum absolute atomic E-state index is 9.69. The lowest BCUT2D eigenvalue weighted by Gasteiger charge is -2.31. The fourth-order valence-electron chi connectivity index (χ4n) is 2.84. The Morgan fingerprint density at radius 1 is 0.909 bits per heavy atom. The minimum absolute atomic E-state index is 0.0833. The molecule has 2 fully saturated rings. The average Bonchev–Trinajstić information content (AvgIpc) is 2.48. The second-order valence-electron chi connectivity index (χ2n) is 4.05. The maximum atomic E-state index is 9.69. The van der Waals surface area contributed by atoms with E-state index in [9.17, 15) is 10.2 Å². The van der Waals surface area contributed by atoms with Crippen LogP contribution in [0.25, 0.3) is 0 Å². The van der Waals surface area contributed by atoms with E-state index in [2.05, 4.69) is 0 Å². The molecule has 1 spiro atoms. The molecule has 0 amide bonds. The Balaban J connectivity index is 2.19. The van der Waals surface area contributed by atoms with Crippen molar-refractivity contribution in [2.75, 3.05) is 0 Å². The highest BCUT2D eigenvalue weighted by Gasteiger charge is 2.49. The van der Waals surface area contributed by atoms with E-state index in [0.717, 1.165) is 38.5 Å². The highest BCUT2D eigenvalue weighted by molar-refractivity contribution is 5.00. The van der Waals surface area contributed by atoms with E-state index < -0.39 is 0 Å². The van der Waals surface area contributed by atoms with Crippen LogP contribution in [0.5, 0.6) is 0 Å². The molecule has 2 aliphatic rings. The Morgan fingerprint density at radius 3 is 1.64 bits per heavy atom. The number of aliphatic hydroxyl groups is 2. The fourth-order valence-corrected chi connectivity index (χ4v) is 2.84. The monoisotopic (exact) mass is 156 g/mol. The first kappa shape index (κ1) is 7.56. The van der Waals surface area contributed by atoms with Crippen LogP contribution < -0.4 is 0 Å². The van der Waals surface area contributed by atoms with Crippen LogP contribution >= 0.6 is 0 Å². The predicted octanol–water partition coefficient (Wildman–Crippen LogP) is 1.06. The molecule has 0 heterocycles. The van der Waals surface area contributed by atoms with Crippen molar-refractivity contribution in [2.45, 2.75) is 50.7 Å². The highest BCUT2D eigenvalue weighted by atomic mass is 16.3. The van der Waals surface area contributed by atoms with Gasteiger partial charge >= 0.3 is 0 Å². The predicted molar refractivity (Wildman–Crippen MR) is 42.1 cm³/mol. The topological polar surface area (TPSA) is 40.5 Å². The maximum Gasteiger partial charge on any atom is 0.0621 e. The third kappa shape index (κ3) is 0.926. The fraction of sp³-hybridized carbons (Fsp3) is 1.00. The molecule has 1 unspecified atom stereocenters. The van der Waals surface area contributed by atoms with Gasteiger partial charge in [0.1, 0.15) is 0 Å². The van der Waals surface area contributed by atoms with E-state index in [1.165, 1.54) is 0 Å². The van der Waals surface area contributed by atoms with Crippen LogP contribution in [0.15, 0.2) is 0 Å². The third-order valence-electron chi connectivity index (χ3n) is 3.57. The van der Waals surface area contributed by atoms with Crippen molar-refractivity contribution in [2.24, 2.45) is 5.41 Å². The van der Waals surface area contributed by atoms with E-state index in [0.29, 0.717) is 0 Å². The van der Waals surface area contributed by atoms with Crippen molar-refractivity contribution >= 4 is 0 Å². The molecular weight excluding hydrogens is 140 g/mol. The molecule has 0 bridgehead atoms. The third-order valence-corrected chi connectivity index (χ3v) is 3.57. The Bertz CT molecular complexity index is 138. The quantitative estimate of drug-likeness (QED) is 0.550. The van der Waals surface area contributed by atoms with Gasteiger partial charge in [0.15, 0.2) is 0 Å². The minimum Gasteiger partial charge on any atom is -0.392 e. The zero-order valence-corrected chi connectivity index (χ0v) is 6.79. The summed E-state index contributed by atoms with van der Waals surface area (Å²) in [6.45, 7) is 0. The molecule has 0 saturated heterocycles. The Kier molecular flexibility index (Phi) is 1.69. The normalized spacial score (nSPS) is 50.7. The van der Waals surface area contributed by atoms with Crippen LogP contribution in [-0.4, -0.2) is 22.4 Å². The van der Waals surface area contributed by atoms with Gasteiger partial charge in [-0.3, -0.25) is 0 Å². The highest BCUT2D eigenvalue weighted by Crippen LogP contribution is 2.50. The Morgan fingerprint density at radius 2 is 1.36 bits per heavy atom. The molecule has 0 aromatic heterocycles. The second kappa shape index (κ2) is 2.46. The first-order valence-corrected chi connectivity index (χ1v) is 4.62. The van der Waals surface area contributed by atoms with E-state index in [1.54, 1.807) is 0 Å². The van der Waals surface area contributed by atoms with Gasteiger partial charge in [0.25, 0.3) is 0 Å². The van der Waals surface area contributed by atoms with Crippen LogP contribution in [0, 0.1) is 5.41 Å². The Hall–Kier alpha value is -0.0800. The molecule has 0 aromatic carbocycles. The summed E-state index contributed by atoms with van der Waals surface area (Å²) in [5, 5.41) is 19.4. The molecule has 2 rings (SSSR count). The molecule has 0 aromatic rings. The molecule has 2 heteroatoms. The molecule has 2 saturated carbocycles. The Labute approximate surface area is 67.2 Å². The van der Waals surface area contributed by atoms with Gasteiger partial charge < -0.3 is 10.2 Å². The summed E-state index contributed by atoms with van der Waals surface area (Å²) in [5.74, 6) is 0. The SMILES string of the molecule is O[C@@H]1CCCC12CCC[C@@H]2O. The molecule has 2 N–H and O–H groups in total. The van der Waals surface area contributed by atoms with Gasteiger partial charge in [0.05, 0.1) is 12.2 Å². The minimum atomic E-state index is -0.222. The summed E-state index contributed by atoms with van der Waals surface area (Å²) in [5.41, 5.74) is -0.0833. The van der Waals surface area contributed by atoms with Gasteiger partial charge in [-0.1, -0.05) is 12.8 Å². The smallest absolute Gasteiger partial charge is 0.0621 e. The molecule has 0 aliphatic heterocycles. The van der Waals surface area contributed by atoms with E-state index >= 15 is 0 Å². The second-order valence-corrected chi connectivity index (χ2v) is 4.05. The summed E-state index contributed by atoms with van der Waals surface area (Å²) in [4.78, 5) is 0. The number of hydrogen-bond donors (Lipinski definition) is 2. The molecule has 11 heavy (non-hydrogen) atoms. The lowest BCUT2D eigenvalue weighted by Crippen LogP contribution is -2.37. The van der Waals surface area contributed by atoms with Crippen molar-refractivity contribution in [3.8, 4) is 0 Å². The van der Waals surface area contributed by atoms with E-state index in [1.807, 2.05) is 0 Å². The molecule has 0 radical (unpaired) electrons. The molecular formula is C9H16O2. The van der Waals surface area contributed by atoms with Crippen molar-refractivity contribution in [1.82, 2.24) is 0 Å². The average molecular weight is 156 g/mol. The van der Waals surface area contributed by atoms with Crippen molar-refractivity contribution in [3.63, 3.8) is 0 Å². The van der Waals surface area contributed by atoms with Gasteiger partial charge in [-0.25, -0.2) is 0 Å². The van der Waals surface area contributed by atoms with Gasteiger partial charge in [0.2, 0.25) is 0 Å². The first-order valence-electron chi connectivity index (χ1n) is 4.62. The molecule has 2 aliphatic carbocycles. The van der Waals surface area contributed by atoms with E-state index in [4.69, 9.17) is 0 Å².